The van der Waals surface area contributed by atoms with Gasteiger partial charge in [0.2, 0.25) is 0 Å². The van der Waals surface area contributed by atoms with E-state index in [-0.39, 0.29) is 11.4 Å². The molecule has 0 saturated carbocycles. The minimum Gasteiger partial charge on any atom is -0.506 e. The summed E-state index contributed by atoms with van der Waals surface area (Å²) >= 11 is 3.32. The number of phenolic OH excluding ortho intramolecular Hbond substituents is 1. The first-order chi connectivity index (χ1) is 11.6. The number of aromatic hydroxyl groups is 1. The molecule has 5 nitrogen and oxygen atoms in total. The van der Waals surface area contributed by atoms with E-state index in [2.05, 4.69) is 32.5 Å². The number of aromatic nitrogens is 1. The zero-order chi connectivity index (χ0) is 16.7. The van der Waals surface area contributed by atoms with E-state index in [0.29, 0.717) is 17.9 Å². The lowest BCUT2D eigenvalue weighted by molar-refractivity contribution is 0.101. The molecule has 120 valence electrons. The van der Waals surface area contributed by atoms with Crippen LogP contribution < -0.4 is 5.32 Å². The molecule has 6 heteroatoms. The largest absolute Gasteiger partial charge is 0.506 e. The monoisotopic (exact) mass is 384 g/mol. The fourth-order valence-corrected chi connectivity index (χ4v) is 3.30. The fourth-order valence-electron chi connectivity index (χ4n) is 2.94. The molecule has 0 radical (unpaired) electrons. The Labute approximate surface area is 146 Å². The Kier molecular flexibility index (Phi) is 3.61. The summed E-state index contributed by atoms with van der Waals surface area (Å²) in [5.74, 6) is 0.252. The van der Waals surface area contributed by atoms with Crippen LogP contribution in [-0.4, -0.2) is 16.2 Å². The lowest BCUT2D eigenvalue weighted by atomic mass is 9.89. The van der Waals surface area contributed by atoms with E-state index in [4.69, 9.17) is 4.52 Å². The number of amides is 1. The van der Waals surface area contributed by atoms with E-state index in [9.17, 15) is 9.90 Å². The van der Waals surface area contributed by atoms with Gasteiger partial charge in [0.25, 0.3) is 5.91 Å². The van der Waals surface area contributed by atoms with Crippen molar-refractivity contribution in [2.75, 3.05) is 5.32 Å². The molecule has 1 amide bonds. The predicted molar refractivity (Wildman–Crippen MR) is 93.1 cm³/mol. The number of carbonyl (C=O) groups excluding carboxylic acids is 1. The minimum atomic E-state index is -0.396. The second-order valence-electron chi connectivity index (χ2n) is 5.61. The molecule has 0 atom stereocenters. The van der Waals surface area contributed by atoms with Crippen molar-refractivity contribution in [2.45, 2.75) is 12.8 Å². The molecule has 1 aromatic heterocycles. The number of nitrogens with one attached hydrogen (secondary N) is 1. The third kappa shape index (κ3) is 2.49. The summed E-state index contributed by atoms with van der Waals surface area (Å²) in [5, 5.41) is 16.5. The van der Waals surface area contributed by atoms with Gasteiger partial charge in [0.1, 0.15) is 5.75 Å². The van der Waals surface area contributed by atoms with Crippen LogP contribution in [0.2, 0.25) is 0 Å². The van der Waals surface area contributed by atoms with Crippen molar-refractivity contribution in [3.63, 3.8) is 0 Å². The number of aryl methyl sites for hydroxylation is 1. The molecule has 0 bridgehead atoms. The van der Waals surface area contributed by atoms with Crippen molar-refractivity contribution >= 4 is 27.5 Å². The highest BCUT2D eigenvalue weighted by atomic mass is 79.9. The van der Waals surface area contributed by atoms with Gasteiger partial charge in [0.05, 0.1) is 5.69 Å². The van der Waals surface area contributed by atoms with E-state index in [1.54, 1.807) is 12.1 Å². The summed E-state index contributed by atoms with van der Waals surface area (Å²) in [6.45, 7) is 0. The van der Waals surface area contributed by atoms with Crippen LogP contribution in [0.3, 0.4) is 0 Å². The Morgan fingerprint density at radius 3 is 2.92 bits per heavy atom. The second kappa shape index (κ2) is 5.79. The normalized spacial score (nSPS) is 12.4. The minimum absolute atomic E-state index is 0.00532. The average molecular weight is 385 g/mol. The highest BCUT2D eigenvalue weighted by molar-refractivity contribution is 9.10. The topological polar surface area (TPSA) is 75.4 Å². The molecule has 0 aliphatic heterocycles. The maximum Gasteiger partial charge on any atom is 0.278 e. The summed E-state index contributed by atoms with van der Waals surface area (Å²) in [7, 11) is 0. The molecule has 0 fully saturated rings. The van der Waals surface area contributed by atoms with Gasteiger partial charge < -0.3 is 14.9 Å². The standard InChI is InChI=1S/C18H13BrN2O3/c19-11-6-8-15(22)14(9-11)20-18(23)16-13-7-5-10-3-1-2-4-12(10)17(13)24-21-16/h1-4,6,8-9,22H,5,7H2,(H,20,23). The van der Waals surface area contributed by atoms with E-state index in [1.807, 2.05) is 18.2 Å². The first-order valence-electron chi connectivity index (χ1n) is 7.50. The third-order valence-corrected chi connectivity index (χ3v) is 4.61. The number of carbonyl (C=O) groups is 1. The Balaban J connectivity index is 1.68. The van der Waals surface area contributed by atoms with Gasteiger partial charge in [-0.1, -0.05) is 45.4 Å². The van der Waals surface area contributed by atoms with Gasteiger partial charge in [0.15, 0.2) is 11.5 Å². The maximum absolute atomic E-state index is 12.6. The Morgan fingerprint density at radius 1 is 1.21 bits per heavy atom. The molecule has 0 saturated heterocycles. The van der Waals surface area contributed by atoms with Crippen molar-refractivity contribution in [1.29, 1.82) is 0 Å². The highest BCUT2D eigenvalue weighted by Crippen LogP contribution is 2.35. The van der Waals surface area contributed by atoms with Gasteiger partial charge in [-0.15, -0.1) is 0 Å². The fraction of sp³-hybridized carbons (Fsp3) is 0.111. The number of nitrogens with zero attached hydrogens (tertiary/aromatic N) is 1. The van der Waals surface area contributed by atoms with Crippen molar-refractivity contribution in [2.24, 2.45) is 0 Å². The average Bonchev–Trinajstić information content (AvgIpc) is 3.03. The van der Waals surface area contributed by atoms with Crippen LogP contribution in [0.5, 0.6) is 5.75 Å². The molecule has 2 aromatic carbocycles. The van der Waals surface area contributed by atoms with E-state index >= 15 is 0 Å². The number of benzene rings is 2. The van der Waals surface area contributed by atoms with Crippen LogP contribution in [0.25, 0.3) is 11.3 Å². The molecule has 3 aromatic rings. The first-order valence-corrected chi connectivity index (χ1v) is 8.29. The first kappa shape index (κ1) is 15.0. The van der Waals surface area contributed by atoms with Gasteiger partial charge >= 0.3 is 0 Å². The van der Waals surface area contributed by atoms with Crippen LogP contribution in [0, 0.1) is 0 Å². The van der Waals surface area contributed by atoms with Gasteiger partial charge in [-0.3, -0.25) is 4.79 Å². The number of hydrogen-bond acceptors (Lipinski definition) is 4. The van der Waals surface area contributed by atoms with Gasteiger partial charge in [0, 0.05) is 15.6 Å². The molecule has 0 unspecified atom stereocenters. The zero-order valence-electron chi connectivity index (χ0n) is 12.5. The van der Waals surface area contributed by atoms with E-state index in [0.717, 1.165) is 22.0 Å². The van der Waals surface area contributed by atoms with Crippen LogP contribution in [0.1, 0.15) is 21.6 Å². The lowest BCUT2D eigenvalue weighted by Gasteiger charge is -2.14. The molecule has 24 heavy (non-hydrogen) atoms. The molecule has 4 rings (SSSR count). The number of phenols is 1. The Hall–Kier alpha value is -2.60. The predicted octanol–water partition coefficient (Wildman–Crippen LogP) is 4.16. The molecule has 1 aliphatic rings. The van der Waals surface area contributed by atoms with Crippen molar-refractivity contribution in [3.05, 3.63) is 63.8 Å². The number of rotatable bonds is 2. The van der Waals surface area contributed by atoms with Crippen LogP contribution in [-0.2, 0) is 12.8 Å². The Morgan fingerprint density at radius 2 is 2.04 bits per heavy atom. The van der Waals surface area contributed by atoms with Gasteiger partial charge in [-0.25, -0.2) is 0 Å². The second-order valence-corrected chi connectivity index (χ2v) is 6.53. The summed E-state index contributed by atoms with van der Waals surface area (Å²) in [6.07, 6.45) is 1.54. The Bertz CT molecular complexity index is 949. The van der Waals surface area contributed by atoms with Crippen LogP contribution in [0.4, 0.5) is 5.69 Å². The molecular formula is C18H13BrN2O3. The highest BCUT2D eigenvalue weighted by Gasteiger charge is 2.27. The zero-order valence-corrected chi connectivity index (χ0v) is 14.1. The summed E-state index contributed by atoms with van der Waals surface area (Å²) < 4.78 is 6.20. The number of halogens is 1. The summed E-state index contributed by atoms with van der Waals surface area (Å²) in [4.78, 5) is 12.6. The van der Waals surface area contributed by atoms with Gasteiger partial charge in [-0.05, 0) is 36.6 Å². The molecule has 1 aliphatic carbocycles. The number of anilines is 1. The van der Waals surface area contributed by atoms with Crippen molar-refractivity contribution in [3.8, 4) is 17.1 Å². The SMILES string of the molecule is O=C(Nc1cc(Br)ccc1O)c1noc2c1CCc1ccccc1-2. The summed E-state index contributed by atoms with van der Waals surface area (Å²) in [6, 6.07) is 12.8. The molecule has 2 N–H and O–H groups in total. The van der Waals surface area contributed by atoms with E-state index in [1.165, 1.54) is 11.6 Å². The van der Waals surface area contributed by atoms with E-state index < -0.39 is 5.91 Å². The number of fused-ring (bicyclic) bond motifs is 3. The van der Waals surface area contributed by atoms with Crippen LogP contribution in [0.15, 0.2) is 51.5 Å². The smallest absolute Gasteiger partial charge is 0.278 e. The maximum atomic E-state index is 12.6. The molecule has 1 heterocycles. The quantitative estimate of drug-likeness (QED) is 0.650. The van der Waals surface area contributed by atoms with Crippen molar-refractivity contribution < 1.29 is 14.4 Å². The molecular weight excluding hydrogens is 372 g/mol. The van der Waals surface area contributed by atoms with Crippen LogP contribution >= 0.6 is 15.9 Å². The third-order valence-electron chi connectivity index (χ3n) is 4.12. The number of hydrogen-bond donors (Lipinski definition) is 2. The van der Waals surface area contributed by atoms with Crippen molar-refractivity contribution in [1.82, 2.24) is 5.16 Å². The van der Waals surface area contributed by atoms with Gasteiger partial charge in [-0.2, -0.15) is 0 Å². The summed E-state index contributed by atoms with van der Waals surface area (Å²) in [5.41, 5.74) is 3.57. The lowest BCUT2D eigenvalue weighted by Crippen LogP contribution is -2.16. The molecule has 0 spiro atoms.